The molecule has 0 aromatic heterocycles. The number of halogens is 1. The molecule has 3 nitrogen and oxygen atoms in total. The monoisotopic (exact) mass is 259 g/mol. The van der Waals surface area contributed by atoms with Crippen molar-refractivity contribution < 1.29 is 9.84 Å². The van der Waals surface area contributed by atoms with Crippen LogP contribution in [-0.2, 0) is 6.61 Å². The van der Waals surface area contributed by atoms with E-state index in [1.165, 1.54) is 0 Å². The zero-order valence-electron chi connectivity index (χ0n) is 9.43. The minimum atomic E-state index is -0.134. The van der Waals surface area contributed by atoms with Gasteiger partial charge in [0.25, 0.3) is 0 Å². The van der Waals surface area contributed by atoms with Gasteiger partial charge in [-0.25, -0.2) is 0 Å². The normalized spacial score (nSPS) is 9.83. The van der Waals surface area contributed by atoms with Crippen molar-refractivity contribution in [1.82, 2.24) is 0 Å². The predicted octanol–water partition coefficient (Wildman–Crippen LogP) is 3.50. The molecule has 0 radical (unpaired) electrons. The Bertz CT molecular complexity index is 605. The van der Waals surface area contributed by atoms with Gasteiger partial charge in [-0.1, -0.05) is 23.7 Å². The van der Waals surface area contributed by atoms with Crippen LogP contribution in [0.15, 0.2) is 42.5 Å². The van der Waals surface area contributed by atoms with Gasteiger partial charge in [0.15, 0.2) is 0 Å². The maximum Gasteiger partial charge on any atom is 0.134 e. The number of nitrogens with zero attached hydrogens (tertiary/aromatic N) is 1. The molecule has 0 aliphatic carbocycles. The first-order valence-corrected chi connectivity index (χ1v) is 5.68. The van der Waals surface area contributed by atoms with Crippen LogP contribution in [0, 0.1) is 11.3 Å². The maximum atomic E-state index is 9.21. The lowest BCUT2D eigenvalue weighted by molar-refractivity contribution is 0.276. The molecule has 0 heterocycles. The van der Waals surface area contributed by atoms with Gasteiger partial charge in [0.05, 0.1) is 18.2 Å². The van der Waals surface area contributed by atoms with E-state index in [1.54, 1.807) is 42.5 Å². The second-order valence-electron chi connectivity index (χ2n) is 3.65. The number of ether oxygens (including phenoxy) is 1. The van der Waals surface area contributed by atoms with Crippen LogP contribution >= 0.6 is 11.6 Å². The molecular weight excluding hydrogens is 250 g/mol. The third-order valence-electron chi connectivity index (χ3n) is 2.39. The third-order valence-corrected chi connectivity index (χ3v) is 2.63. The van der Waals surface area contributed by atoms with E-state index >= 15 is 0 Å². The Morgan fingerprint density at radius 2 is 2.06 bits per heavy atom. The van der Waals surface area contributed by atoms with E-state index in [0.717, 1.165) is 0 Å². The van der Waals surface area contributed by atoms with E-state index < -0.39 is 0 Å². The van der Waals surface area contributed by atoms with Gasteiger partial charge in [0, 0.05) is 10.6 Å². The zero-order chi connectivity index (χ0) is 13.0. The quantitative estimate of drug-likeness (QED) is 0.918. The van der Waals surface area contributed by atoms with Gasteiger partial charge in [0.2, 0.25) is 0 Å². The minimum Gasteiger partial charge on any atom is -0.457 e. The van der Waals surface area contributed by atoms with Crippen LogP contribution in [0.3, 0.4) is 0 Å². The van der Waals surface area contributed by atoms with Crippen LogP contribution in [-0.4, -0.2) is 5.11 Å². The summed E-state index contributed by atoms with van der Waals surface area (Å²) in [5.74, 6) is 1.02. The number of hydrogen-bond donors (Lipinski definition) is 1. The summed E-state index contributed by atoms with van der Waals surface area (Å²) in [6.45, 7) is -0.134. The van der Waals surface area contributed by atoms with Crippen LogP contribution < -0.4 is 4.74 Å². The van der Waals surface area contributed by atoms with Crippen molar-refractivity contribution in [3.63, 3.8) is 0 Å². The summed E-state index contributed by atoms with van der Waals surface area (Å²) in [7, 11) is 0. The van der Waals surface area contributed by atoms with Crippen LogP contribution in [0.4, 0.5) is 0 Å². The SMILES string of the molecule is N#Cc1cccc(Oc2cc(Cl)ccc2CO)c1. The summed E-state index contributed by atoms with van der Waals surface area (Å²) in [4.78, 5) is 0. The van der Waals surface area contributed by atoms with E-state index in [0.29, 0.717) is 27.6 Å². The lowest BCUT2D eigenvalue weighted by Gasteiger charge is -2.10. The summed E-state index contributed by atoms with van der Waals surface area (Å²) in [6, 6.07) is 13.8. The van der Waals surface area contributed by atoms with Crippen molar-refractivity contribution in [3.05, 3.63) is 58.6 Å². The van der Waals surface area contributed by atoms with Crippen LogP contribution in [0.5, 0.6) is 11.5 Å². The lowest BCUT2D eigenvalue weighted by Crippen LogP contribution is -1.92. The molecule has 0 aliphatic heterocycles. The Hall–Kier alpha value is -2.02. The number of hydrogen-bond acceptors (Lipinski definition) is 3. The molecule has 0 atom stereocenters. The average Bonchev–Trinajstić information content (AvgIpc) is 2.39. The minimum absolute atomic E-state index is 0.134. The Labute approximate surface area is 110 Å². The molecule has 0 fully saturated rings. The Balaban J connectivity index is 2.33. The van der Waals surface area contributed by atoms with Crippen LogP contribution in [0.25, 0.3) is 0 Å². The highest BCUT2D eigenvalue weighted by molar-refractivity contribution is 6.30. The van der Waals surface area contributed by atoms with E-state index in [9.17, 15) is 5.11 Å². The number of benzene rings is 2. The van der Waals surface area contributed by atoms with Gasteiger partial charge < -0.3 is 9.84 Å². The van der Waals surface area contributed by atoms with Crippen LogP contribution in [0.2, 0.25) is 5.02 Å². The molecule has 2 aromatic rings. The fraction of sp³-hybridized carbons (Fsp3) is 0.0714. The molecule has 4 heteroatoms. The van der Waals surface area contributed by atoms with Gasteiger partial charge in [-0.2, -0.15) is 5.26 Å². The Kier molecular flexibility index (Phi) is 3.83. The zero-order valence-corrected chi connectivity index (χ0v) is 10.2. The second kappa shape index (κ2) is 5.54. The van der Waals surface area contributed by atoms with Crippen molar-refractivity contribution in [2.45, 2.75) is 6.61 Å². The molecular formula is C14H10ClNO2. The third kappa shape index (κ3) is 2.80. The Morgan fingerprint density at radius 3 is 2.78 bits per heavy atom. The first-order valence-electron chi connectivity index (χ1n) is 5.30. The molecule has 0 saturated heterocycles. The molecule has 0 unspecified atom stereocenters. The lowest BCUT2D eigenvalue weighted by atomic mass is 10.2. The molecule has 2 aromatic carbocycles. The molecule has 18 heavy (non-hydrogen) atoms. The molecule has 2 rings (SSSR count). The molecule has 0 saturated carbocycles. The maximum absolute atomic E-state index is 9.21. The molecule has 0 bridgehead atoms. The fourth-order valence-electron chi connectivity index (χ4n) is 1.51. The van der Waals surface area contributed by atoms with Gasteiger partial charge in [-0.05, 0) is 30.3 Å². The van der Waals surface area contributed by atoms with E-state index in [1.807, 2.05) is 6.07 Å². The fourth-order valence-corrected chi connectivity index (χ4v) is 1.67. The van der Waals surface area contributed by atoms with Gasteiger partial charge in [-0.15, -0.1) is 0 Å². The van der Waals surface area contributed by atoms with Crippen molar-refractivity contribution in [3.8, 4) is 17.6 Å². The van der Waals surface area contributed by atoms with Gasteiger partial charge >= 0.3 is 0 Å². The van der Waals surface area contributed by atoms with Crippen molar-refractivity contribution >= 4 is 11.6 Å². The van der Waals surface area contributed by atoms with E-state index in [4.69, 9.17) is 21.6 Å². The molecule has 0 amide bonds. The van der Waals surface area contributed by atoms with Crippen molar-refractivity contribution in [2.24, 2.45) is 0 Å². The molecule has 0 spiro atoms. The summed E-state index contributed by atoms with van der Waals surface area (Å²) < 4.78 is 5.63. The summed E-state index contributed by atoms with van der Waals surface area (Å²) in [5, 5.41) is 18.5. The second-order valence-corrected chi connectivity index (χ2v) is 4.09. The molecule has 90 valence electrons. The smallest absolute Gasteiger partial charge is 0.134 e. The summed E-state index contributed by atoms with van der Waals surface area (Å²) >= 11 is 5.88. The first-order chi connectivity index (χ1) is 8.72. The number of aliphatic hydroxyl groups is 1. The summed E-state index contributed by atoms with van der Waals surface area (Å²) in [5.41, 5.74) is 1.15. The first kappa shape index (κ1) is 12.4. The van der Waals surface area contributed by atoms with Gasteiger partial charge in [0.1, 0.15) is 11.5 Å². The number of aliphatic hydroxyl groups excluding tert-OH is 1. The molecule has 1 N–H and O–H groups in total. The van der Waals surface area contributed by atoms with Crippen molar-refractivity contribution in [2.75, 3.05) is 0 Å². The highest BCUT2D eigenvalue weighted by atomic mass is 35.5. The summed E-state index contributed by atoms with van der Waals surface area (Å²) in [6.07, 6.45) is 0. The predicted molar refractivity (Wildman–Crippen MR) is 68.6 cm³/mol. The Morgan fingerprint density at radius 1 is 1.22 bits per heavy atom. The van der Waals surface area contributed by atoms with Gasteiger partial charge in [-0.3, -0.25) is 0 Å². The van der Waals surface area contributed by atoms with E-state index in [2.05, 4.69) is 0 Å². The highest BCUT2D eigenvalue weighted by Crippen LogP contribution is 2.28. The highest BCUT2D eigenvalue weighted by Gasteiger charge is 2.06. The topological polar surface area (TPSA) is 53.2 Å². The standard InChI is InChI=1S/C14H10ClNO2/c15-12-5-4-11(9-17)14(7-12)18-13-3-1-2-10(6-13)8-16/h1-7,17H,9H2. The molecule has 0 aliphatic rings. The average molecular weight is 260 g/mol. The van der Waals surface area contributed by atoms with Crippen LogP contribution in [0.1, 0.15) is 11.1 Å². The number of rotatable bonds is 3. The van der Waals surface area contributed by atoms with Crippen molar-refractivity contribution in [1.29, 1.82) is 5.26 Å². The number of nitriles is 1. The largest absolute Gasteiger partial charge is 0.457 e. The van der Waals surface area contributed by atoms with E-state index in [-0.39, 0.29) is 6.61 Å².